The van der Waals surface area contributed by atoms with Crippen LogP contribution in [0.25, 0.3) is 11.1 Å². The highest BCUT2D eigenvalue weighted by atomic mass is 79.9. The molecule has 0 radical (unpaired) electrons. The van der Waals surface area contributed by atoms with Gasteiger partial charge in [-0.15, -0.1) is 0 Å². The van der Waals surface area contributed by atoms with Gasteiger partial charge in [0.2, 0.25) is 0 Å². The number of hydrogen-bond acceptors (Lipinski definition) is 4. The van der Waals surface area contributed by atoms with Crippen LogP contribution in [0.4, 0.5) is 0 Å². The Bertz CT molecular complexity index is 1130. The number of halogens is 1. The van der Waals surface area contributed by atoms with Crippen LogP contribution in [0.3, 0.4) is 0 Å². The number of ether oxygens (including phenoxy) is 2. The van der Waals surface area contributed by atoms with Crippen LogP contribution in [-0.2, 0) is 18.3 Å². The van der Waals surface area contributed by atoms with Gasteiger partial charge in [0.05, 0.1) is 14.2 Å². The molecular weight excluding hydrogens is 468 g/mol. The number of methoxy groups -OCH3 is 2. The Kier molecular flexibility index (Phi) is 6.51. The SMILES string of the molecule is COc1cc(CN2CCc3c(cc(CBr)cc3-c3cc(C)nc(C)c3)C2=O)cc(OC)c1. The summed E-state index contributed by atoms with van der Waals surface area (Å²) in [4.78, 5) is 20.0. The molecule has 5 nitrogen and oxygen atoms in total. The molecule has 0 spiro atoms. The quantitative estimate of drug-likeness (QED) is 0.426. The van der Waals surface area contributed by atoms with Gasteiger partial charge in [-0.25, -0.2) is 0 Å². The van der Waals surface area contributed by atoms with E-state index in [0.29, 0.717) is 18.4 Å². The lowest BCUT2D eigenvalue weighted by molar-refractivity contribution is 0.0727. The molecule has 2 aromatic carbocycles. The number of rotatable bonds is 6. The van der Waals surface area contributed by atoms with E-state index in [2.05, 4.69) is 39.1 Å². The van der Waals surface area contributed by atoms with Gasteiger partial charge in [-0.2, -0.15) is 0 Å². The summed E-state index contributed by atoms with van der Waals surface area (Å²) in [6.45, 7) is 5.18. The standard InChI is InChI=1S/C26H27BrN2O3/c1-16-7-20(8-17(2)28-16)24-11-18(14-27)12-25-23(24)5-6-29(26(25)30)15-19-9-21(31-3)13-22(10-19)32-4/h7-13H,5-6,14-15H2,1-4H3. The van der Waals surface area contributed by atoms with Gasteiger partial charge in [0.1, 0.15) is 11.5 Å². The van der Waals surface area contributed by atoms with Crippen molar-refractivity contribution in [3.63, 3.8) is 0 Å². The first-order chi connectivity index (χ1) is 15.4. The number of nitrogens with zero attached hydrogens (tertiary/aromatic N) is 2. The molecule has 0 fully saturated rings. The molecule has 0 saturated heterocycles. The molecule has 1 amide bonds. The summed E-state index contributed by atoms with van der Waals surface area (Å²) in [5.41, 5.74) is 8.17. The van der Waals surface area contributed by atoms with E-state index in [1.807, 2.05) is 43.0 Å². The molecule has 0 atom stereocenters. The fourth-order valence-corrected chi connectivity index (χ4v) is 4.69. The summed E-state index contributed by atoms with van der Waals surface area (Å²) in [5.74, 6) is 1.49. The van der Waals surface area contributed by atoms with Crippen molar-refractivity contribution in [2.45, 2.75) is 32.1 Å². The van der Waals surface area contributed by atoms with E-state index in [0.717, 1.165) is 62.7 Å². The van der Waals surface area contributed by atoms with Crippen molar-refractivity contribution in [3.05, 3.63) is 76.1 Å². The number of alkyl halides is 1. The highest BCUT2D eigenvalue weighted by Crippen LogP contribution is 2.34. The summed E-state index contributed by atoms with van der Waals surface area (Å²) >= 11 is 3.58. The number of pyridine rings is 1. The molecule has 3 aromatic rings. The molecule has 6 heteroatoms. The maximum absolute atomic E-state index is 13.6. The topological polar surface area (TPSA) is 51.7 Å². The van der Waals surface area contributed by atoms with Crippen molar-refractivity contribution in [1.82, 2.24) is 9.88 Å². The van der Waals surface area contributed by atoms with Gasteiger partial charge in [0.25, 0.3) is 5.91 Å². The third-order valence-electron chi connectivity index (χ3n) is 5.79. The fraction of sp³-hybridized carbons (Fsp3) is 0.308. The van der Waals surface area contributed by atoms with Gasteiger partial charge in [0.15, 0.2) is 0 Å². The Morgan fingerprint density at radius 3 is 2.12 bits per heavy atom. The molecule has 0 saturated carbocycles. The number of aromatic nitrogens is 1. The van der Waals surface area contributed by atoms with Gasteiger partial charge in [-0.1, -0.05) is 15.9 Å². The van der Waals surface area contributed by atoms with Crippen LogP contribution in [0.1, 0.15) is 38.4 Å². The zero-order valence-electron chi connectivity index (χ0n) is 18.9. The minimum absolute atomic E-state index is 0.0552. The van der Waals surface area contributed by atoms with E-state index in [1.165, 1.54) is 0 Å². The molecule has 1 aliphatic rings. The van der Waals surface area contributed by atoms with Crippen LogP contribution in [-0.4, -0.2) is 36.6 Å². The Morgan fingerprint density at radius 2 is 1.53 bits per heavy atom. The first kappa shape index (κ1) is 22.3. The predicted octanol–water partition coefficient (Wildman–Crippen LogP) is 5.48. The molecule has 0 bridgehead atoms. The average molecular weight is 495 g/mol. The number of aryl methyl sites for hydroxylation is 2. The van der Waals surface area contributed by atoms with Gasteiger partial charge >= 0.3 is 0 Å². The fourth-order valence-electron chi connectivity index (χ4n) is 4.36. The van der Waals surface area contributed by atoms with Gasteiger partial charge in [-0.3, -0.25) is 9.78 Å². The lowest BCUT2D eigenvalue weighted by Gasteiger charge is -2.31. The monoisotopic (exact) mass is 494 g/mol. The third-order valence-corrected chi connectivity index (χ3v) is 6.44. The molecule has 32 heavy (non-hydrogen) atoms. The molecule has 166 valence electrons. The molecule has 1 aliphatic heterocycles. The third kappa shape index (κ3) is 4.51. The Balaban J connectivity index is 1.72. The lowest BCUT2D eigenvalue weighted by Crippen LogP contribution is -2.37. The number of carbonyl (C=O) groups is 1. The largest absolute Gasteiger partial charge is 0.497 e. The minimum atomic E-state index is 0.0552. The van der Waals surface area contributed by atoms with E-state index in [9.17, 15) is 4.79 Å². The van der Waals surface area contributed by atoms with Crippen molar-refractivity contribution in [2.75, 3.05) is 20.8 Å². The zero-order chi connectivity index (χ0) is 22.8. The van der Waals surface area contributed by atoms with Crippen molar-refractivity contribution in [2.24, 2.45) is 0 Å². The normalized spacial score (nSPS) is 13.2. The summed E-state index contributed by atoms with van der Waals surface area (Å²) in [7, 11) is 3.26. The van der Waals surface area contributed by atoms with Crippen molar-refractivity contribution >= 4 is 21.8 Å². The Hall–Kier alpha value is -2.86. The molecular formula is C26H27BrN2O3. The summed E-state index contributed by atoms with van der Waals surface area (Å²) < 4.78 is 10.8. The van der Waals surface area contributed by atoms with Gasteiger partial charge in [-0.05, 0) is 84.5 Å². The number of fused-ring (bicyclic) bond motifs is 1. The number of hydrogen-bond donors (Lipinski definition) is 0. The van der Waals surface area contributed by atoms with E-state index in [4.69, 9.17) is 9.47 Å². The van der Waals surface area contributed by atoms with Gasteiger partial charge < -0.3 is 14.4 Å². The first-order valence-corrected chi connectivity index (χ1v) is 11.7. The molecule has 1 aromatic heterocycles. The van der Waals surface area contributed by atoms with Crippen LogP contribution < -0.4 is 9.47 Å². The highest BCUT2D eigenvalue weighted by molar-refractivity contribution is 9.08. The van der Waals surface area contributed by atoms with E-state index >= 15 is 0 Å². The Labute approximate surface area is 197 Å². The van der Waals surface area contributed by atoms with Crippen LogP contribution in [0.15, 0.2) is 42.5 Å². The molecule has 0 N–H and O–H groups in total. The van der Waals surface area contributed by atoms with Gasteiger partial charge in [0, 0.05) is 41.4 Å². The lowest BCUT2D eigenvalue weighted by atomic mass is 9.88. The molecule has 2 heterocycles. The number of carbonyl (C=O) groups excluding carboxylic acids is 1. The smallest absolute Gasteiger partial charge is 0.254 e. The second kappa shape index (κ2) is 9.33. The number of amides is 1. The predicted molar refractivity (Wildman–Crippen MR) is 130 cm³/mol. The first-order valence-electron chi connectivity index (χ1n) is 10.6. The zero-order valence-corrected chi connectivity index (χ0v) is 20.5. The number of benzene rings is 2. The maximum Gasteiger partial charge on any atom is 0.254 e. The van der Waals surface area contributed by atoms with Crippen LogP contribution in [0.5, 0.6) is 11.5 Å². The molecule has 0 aliphatic carbocycles. The van der Waals surface area contributed by atoms with Crippen LogP contribution in [0.2, 0.25) is 0 Å². The molecule has 4 rings (SSSR count). The van der Waals surface area contributed by atoms with Crippen molar-refractivity contribution < 1.29 is 14.3 Å². The summed E-state index contributed by atoms with van der Waals surface area (Å²) in [5, 5.41) is 0.691. The highest BCUT2D eigenvalue weighted by Gasteiger charge is 2.27. The second-order valence-electron chi connectivity index (χ2n) is 8.14. The minimum Gasteiger partial charge on any atom is -0.497 e. The van der Waals surface area contributed by atoms with Crippen molar-refractivity contribution in [3.8, 4) is 22.6 Å². The summed E-state index contributed by atoms with van der Waals surface area (Å²) in [6, 6.07) is 14.2. The van der Waals surface area contributed by atoms with E-state index in [-0.39, 0.29) is 5.91 Å². The van der Waals surface area contributed by atoms with E-state index in [1.54, 1.807) is 14.2 Å². The average Bonchev–Trinajstić information content (AvgIpc) is 2.79. The molecule has 0 unspecified atom stereocenters. The van der Waals surface area contributed by atoms with Crippen LogP contribution >= 0.6 is 15.9 Å². The van der Waals surface area contributed by atoms with Crippen LogP contribution in [0, 0.1) is 13.8 Å². The van der Waals surface area contributed by atoms with Crippen molar-refractivity contribution in [1.29, 1.82) is 0 Å². The second-order valence-corrected chi connectivity index (χ2v) is 8.70. The summed E-state index contributed by atoms with van der Waals surface area (Å²) in [6.07, 6.45) is 0.806. The van der Waals surface area contributed by atoms with E-state index < -0.39 is 0 Å². The maximum atomic E-state index is 13.6. The Morgan fingerprint density at radius 1 is 0.906 bits per heavy atom.